The normalized spacial score (nSPS) is 39.2. The summed E-state index contributed by atoms with van der Waals surface area (Å²) >= 11 is 2.11. The van der Waals surface area contributed by atoms with Crippen LogP contribution in [-0.2, 0) is 0 Å². The highest BCUT2D eigenvalue weighted by Crippen LogP contribution is 2.31. The molecule has 4 unspecified atom stereocenters. The maximum atomic E-state index is 3.85. The van der Waals surface area contributed by atoms with Crippen LogP contribution in [0.25, 0.3) is 0 Å². The van der Waals surface area contributed by atoms with Crippen molar-refractivity contribution in [3.05, 3.63) is 0 Å². The Morgan fingerprint density at radius 1 is 1.27 bits per heavy atom. The summed E-state index contributed by atoms with van der Waals surface area (Å²) in [6.07, 6.45) is 7.21. The van der Waals surface area contributed by atoms with Gasteiger partial charge in [0.2, 0.25) is 0 Å². The van der Waals surface area contributed by atoms with Crippen LogP contribution in [0, 0.1) is 11.8 Å². The van der Waals surface area contributed by atoms with E-state index in [9.17, 15) is 0 Å². The molecule has 0 amide bonds. The van der Waals surface area contributed by atoms with Gasteiger partial charge in [-0.2, -0.15) is 11.8 Å². The quantitative estimate of drug-likeness (QED) is 0.794. The fourth-order valence-corrected chi connectivity index (χ4v) is 4.27. The van der Waals surface area contributed by atoms with E-state index in [1.54, 1.807) is 0 Å². The van der Waals surface area contributed by atoms with Crippen LogP contribution in [0.4, 0.5) is 0 Å². The number of rotatable bonds is 3. The third-order valence-electron chi connectivity index (χ3n) is 4.11. The predicted molar refractivity (Wildman–Crippen MR) is 69.4 cm³/mol. The summed E-state index contributed by atoms with van der Waals surface area (Å²) in [5.74, 6) is 4.61. The molecule has 1 saturated heterocycles. The number of hydrogen-bond acceptors (Lipinski definition) is 2. The van der Waals surface area contributed by atoms with Crippen molar-refractivity contribution in [3.8, 4) is 0 Å². The van der Waals surface area contributed by atoms with Crippen molar-refractivity contribution < 1.29 is 0 Å². The van der Waals surface area contributed by atoms with E-state index < -0.39 is 0 Å². The van der Waals surface area contributed by atoms with Gasteiger partial charge in [0.05, 0.1) is 0 Å². The standard InChI is InChI=1S/C13H25NS/c1-10-4-3-5-12(8-10)11(2)14-13-6-7-15-9-13/h10-14H,3-9H2,1-2H3. The Hall–Kier alpha value is 0.310. The smallest absolute Gasteiger partial charge is 0.0168 e. The van der Waals surface area contributed by atoms with Crippen LogP contribution in [0.1, 0.15) is 46.0 Å². The lowest BCUT2D eigenvalue weighted by atomic mass is 9.79. The second-order valence-corrected chi connectivity index (χ2v) is 6.70. The van der Waals surface area contributed by atoms with E-state index in [1.165, 1.54) is 43.6 Å². The lowest BCUT2D eigenvalue weighted by Gasteiger charge is -2.33. The van der Waals surface area contributed by atoms with Gasteiger partial charge in [-0.05, 0) is 43.8 Å². The minimum absolute atomic E-state index is 0.747. The number of hydrogen-bond donors (Lipinski definition) is 1. The fraction of sp³-hybridized carbons (Fsp3) is 1.00. The highest BCUT2D eigenvalue weighted by molar-refractivity contribution is 7.99. The Bertz CT molecular complexity index is 189. The third-order valence-corrected chi connectivity index (χ3v) is 5.27. The summed E-state index contributed by atoms with van der Waals surface area (Å²) in [7, 11) is 0. The van der Waals surface area contributed by atoms with E-state index in [-0.39, 0.29) is 0 Å². The Morgan fingerprint density at radius 3 is 2.80 bits per heavy atom. The highest BCUT2D eigenvalue weighted by atomic mass is 32.2. The van der Waals surface area contributed by atoms with Crippen molar-refractivity contribution in [1.29, 1.82) is 0 Å². The molecule has 1 nitrogen and oxygen atoms in total. The van der Waals surface area contributed by atoms with Gasteiger partial charge in [0.25, 0.3) is 0 Å². The second kappa shape index (κ2) is 5.58. The Labute approximate surface area is 98.8 Å². The van der Waals surface area contributed by atoms with Gasteiger partial charge in [0, 0.05) is 17.8 Å². The zero-order valence-corrected chi connectivity index (χ0v) is 11.0. The molecule has 0 bridgehead atoms. The number of nitrogens with one attached hydrogen (secondary N) is 1. The molecule has 1 N–H and O–H groups in total. The van der Waals surface area contributed by atoms with Crippen LogP contribution in [0.3, 0.4) is 0 Å². The van der Waals surface area contributed by atoms with Crippen molar-refractivity contribution >= 4 is 11.8 Å². The Morgan fingerprint density at radius 2 is 2.13 bits per heavy atom. The van der Waals surface area contributed by atoms with Crippen LogP contribution < -0.4 is 5.32 Å². The lowest BCUT2D eigenvalue weighted by molar-refractivity contribution is 0.223. The van der Waals surface area contributed by atoms with Crippen LogP contribution in [0.2, 0.25) is 0 Å². The van der Waals surface area contributed by atoms with Crippen LogP contribution in [0.15, 0.2) is 0 Å². The van der Waals surface area contributed by atoms with Gasteiger partial charge in [-0.15, -0.1) is 0 Å². The second-order valence-electron chi connectivity index (χ2n) is 5.55. The molecule has 1 aliphatic carbocycles. The maximum absolute atomic E-state index is 3.85. The van der Waals surface area contributed by atoms with Gasteiger partial charge in [0.1, 0.15) is 0 Å². The summed E-state index contributed by atoms with van der Waals surface area (Å²) in [6, 6.07) is 1.55. The molecule has 1 saturated carbocycles. The molecule has 0 spiro atoms. The van der Waals surface area contributed by atoms with Gasteiger partial charge in [-0.25, -0.2) is 0 Å². The van der Waals surface area contributed by atoms with Crippen molar-refractivity contribution in [3.63, 3.8) is 0 Å². The largest absolute Gasteiger partial charge is 0.310 e. The van der Waals surface area contributed by atoms with Gasteiger partial charge in [-0.1, -0.05) is 19.8 Å². The van der Waals surface area contributed by atoms with Crippen molar-refractivity contribution in [2.45, 2.75) is 58.0 Å². The topological polar surface area (TPSA) is 12.0 Å². The molecule has 1 heterocycles. The monoisotopic (exact) mass is 227 g/mol. The first-order valence-corrected chi connectivity index (χ1v) is 7.75. The van der Waals surface area contributed by atoms with Gasteiger partial charge >= 0.3 is 0 Å². The molecule has 15 heavy (non-hydrogen) atoms. The highest BCUT2D eigenvalue weighted by Gasteiger charge is 2.26. The molecule has 0 aromatic carbocycles. The predicted octanol–water partition coefficient (Wildman–Crippen LogP) is 3.30. The summed E-state index contributed by atoms with van der Waals surface area (Å²) in [5, 5.41) is 3.85. The molecule has 2 rings (SSSR count). The first-order valence-electron chi connectivity index (χ1n) is 6.59. The molecule has 2 fully saturated rings. The maximum Gasteiger partial charge on any atom is 0.0168 e. The lowest BCUT2D eigenvalue weighted by Crippen LogP contribution is -2.42. The van der Waals surface area contributed by atoms with Crippen LogP contribution in [0.5, 0.6) is 0 Å². The van der Waals surface area contributed by atoms with Gasteiger partial charge < -0.3 is 5.32 Å². The molecule has 88 valence electrons. The average molecular weight is 227 g/mol. The first-order chi connectivity index (χ1) is 7.25. The Balaban J connectivity index is 1.76. The molecule has 0 aromatic rings. The summed E-state index contributed by atoms with van der Waals surface area (Å²) < 4.78 is 0. The van der Waals surface area contributed by atoms with E-state index in [2.05, 4.69) is 30.9 Å². The third kappa shape index (κ3) is 3.39. The van der Waals surface area contributed by atoms with E-state index in [4.69, 9.17) is 0 Å². The zero-order chi connectivity index (χ0) is 10.7. The van der Waals surface area contributed by atoms with E-state index in [0.717, 1.165) is 23.9 Å². The van der Waals surface area contributed by atoms with Gasteiger partial charge in [0.15, 0.2) is 0 Å². The summed E-state index contributed by atoms with van der Waals surface area (Å²) in [6.45, 7) is 4.83. The number of thioether (sulfide) groups is 1. The molecule has 0 aromatic heterocycles. The molecule has 2 heteroatoms. The fourth-order valence-electron chi connectivity index (χ4n) is 3.11. The van der Waals surface area contributed by atoms with Crippen molar-refractivity contribution in [2.75, 3.05) is 11.5 Å². The molecule has 4 atom stereocenters. The molecule has 2 aliphatic rings. The van der Waals surface area contributed by atoms with E-state index in [1.807, 2.05) is 0 Å². The molecular weight excluding hydrogens is 202 g/mol. The van der Waals surface area contributed by atoms with Crippen LogP contribution >= 0.6 is 11.8 Å². The molecule has 0 radical (unpaired) electrons. The zero-order valence-electron chi connectivity index (χ0n) is 10.2. The summed E-state index contributed by atoms with van der Waals surface area (Å²) in [4.78, 5) is 0. The van der Waals surface area contributed by atoms with Gasteiger partial charge in [-0.3, -0.25) is 0 Å². The van der Waals surface area contributed by atoms with Crippen LogP contribution in [-0.4, -0.2) is 23.6 Å². The summed E-state index contributed by atoms with van der Waals surface area (Å²) in [5.41, 5.74) is 0. The Kier molecular flexibility index (Phi) is 4.39. The van der Waals surface area contributed by atoms with E-state index in [0.29, 0.717) is 0 Å². The van der Waals surface area contributed by atoms with Crippen molar-refractivity contribution in [1.82, 2.24) is 5.32 Å². The minimum atomic E-state index is 0.747. The minimum Gasteiger partial charge on any atom is -0.310 e. The van der Waals surface area contributed by atoms with Crippen molar-refractivity contribution in [2.24, 2.45) is 11.8 Å². The molecule has 1 aliphatic heterocycles. The first kappa shape index (κ1) is 11.8. The SMILES string of the molecule is CC1CCCC(C(C)NC2CCSC2)C1. The van der Waals surface area contributed by atoms with E-state index >= 15 is 0 Å². The molecular formula is C13H25NS. The average Bonchev–Trinajstić information content (AvgIpc) is 2.70.